The van der Waals surface area contributed by atoms with Crippen molar-refractivity contribution in [2.45, 2.75) is 38.0 Å². The van der Waals surface area contributed by atoms with E-state index in [2.05, 4.69) is 22.4 Å². The van der Waals surface area contributed by atoms with Gasteiger partial charge < -0.3 is 15.0 Å². The van der Waals surface area contributed by atoms with E-state index in [-0.39, 0.29) is 0 Å². The number of benzene rings is 1. The smallest absolute Gasteiger partial charge is 0.417 e. The third-order valence-electron chi connectivity index (χ3n) is 5.24. The van der Waals surface area contributed by atoms with Gasteiger partial charge in [0.25, 0.3) is 0 Å². The number of halogens is 3. The third-order valence-corrected chi connectivity index (χ3v) is 5.24. The zero-order chi connectivity index (χ0) is 18.9. The van der Waals surface area contributed by atoms with Crippen molar-refractivity contribution in [1.82, 2.24) is 10.3 Å². The Morgan fingerprint density at radius 3 is 2.67 bits per heavy atom. The van der Waals surface area contributed by atoms with E-state index >= 15 is 0 Å². The number of anilines is 1. The molecule has 2 aliphatic rings. The molecule has 144 valence electrons. The van der Waals surface area contributed by atoms with E-state index in [4.69, 9.17) is 4.74 Å². The second-order valence-corrected chi connectivity index (χ2v) is 7.09. The molecular weight excluding hydrogens is 355 g/mol. The summed E-state index contributed by atoms with van der Waals surface area (Å²) in [7, 11) is 0. The van der Waals surface area contributed by atoms with E-state index in [1.165, 1.54) is 17.2 Å². The molecule has 0 unspecified atom stereocenters. The molecule has 7 heteroatoms. The first-order valence-corrected chi connectivity index (χ1v) is 9.25. The average molecular weight is 377 g/mol. The molecule has 27 heavy (non-hydrogen) atoms. The van der Waals surface area contributed by atoms with Crippen molar-refractivity contribution in [1.29, 1.82) is 0 Å². The van der Waals surface area contributed by atoms with Crippen molar-refractivity contribution >= 4 is 5.82 Å². The second kappa shape index (κ2) is 7.38. The van der Waals surface area contributed by atoms with Crippen molar-refractivity contribution in [3.8, 4) is 5.75 Å². The predicted octanol–water partition coefficient (Wildman–Crippen LogP) is 3.79. The Labute approximate surface area is 156 Å². The summed E-state index contributed by atoms with van der Waals surface area (Å²) in [6, 6.07) is 9.31. The summed E-state index contributed by atoms with van der Waals surface area (Å²) < 4.78 is 43.5. The molecule has 3 heterocycles. The molecule has 1 aromatic carbocycles. The molecule has 4 nitrogen and oxygen atoms in total. The normalized spacial score (nSPS) is 17.7. The molecule has 0 aliphatic carbocycles. The number of hydrogen-bond acceptors (Lipinski definition) is 4. The highest BCUT2D eigenvalue weighted by molar-refractivity contribution is 5.41. The monoisotopic (exact) mass is 377 g/mol. The summed E-state index contributed by atoms with van der Waals surface area (Å²) in [5.41, 5.74) is 1.83. The van der Waals surface area contributed by atoms with Gasteiger partial charge in [-0.25, -0.2) is 4.98 Å². The van der Waals surface area contributed by atoms with E-state index in [0.29, 0.717) is 11.9 Å². The lowest BCUT2D eigenvalue weighted by Crippen LogP contribution is -2.42. The minimum Gasteiger partial charge on any atom is -0.493 e. The fraction of sp³-hybridized carbons (Fsp3) is 0.450. The third kappa shape index (κ3) is 4.18. The van der Waals surface area contributed by atoms with Gasteiger partial charge in [0, 0.05) is 38.3 Å². The number of aromatic nitrogens is 1. The molecule has 2 aliphatic heterocycles. The highest BCUT2D eigenvalue weighted by Gasteiger charge is 2.31. The largest absolute Gasteiger partial charge is 0.493 e. The van der Waals surface area contributed by atoms with Gasteiger partial charge in [-0.05, 0) is 42.2 Å². The number of pyridine rings is 1. The van der Waals surface area contributed by atoms with Crippen LogP contribution >= 0.6 is 0 Å². The molecule has 0 spiro atoms. The number of nitrogens with one attached hydrogen (secondary N) is 1. The second-order valence-electron chi connectivity index (χ2n) is 7.09. The zero-order valence-electron chi connectivity index (χ0n) is 14.9. The van der Waals surface area contributed by atoms with Gasteiger partial charge in [0.1, 0.15) is 11.6 Å². The Bertz CT molecular complexity index is 784. The van der Waals surface area contributed by atoms with Crippen molar-refractivity contribution in [3.05, 3.63) is 53.2 Å². The SMILES string of the molecule is FC(F)(F)c1ccc(N2CCC(NCc3ccc4c(c3)CCO4)CC2)nc1. The molecule has 2 aromatic rings. The molecule has 1 N–H and O–H groups in total. The number of rotatable bonds is 4. The van der Waals surface area contributed by atoms with E-state index in [1.807, 2.05) is 11.0 Å². The fourth-order valence-electron chi connectivity index (χ4n) is 3.67. The van der Waals surface area contributed by atoms with Gasteiger partial charge >= 0.3 is 6.18 Å². The summed E-state index contributed by atoms with van der Waals surface area (Å²) in [4.78, 5) is 6.04. The van der Waals surface area contributed by atoms with Crippen molar-refractivity contribution in [3.63, 3.8) is 0 Å². The van der Waals surface area contributed by atoms with Gasteiger partial charge in [0.05, 0.1) is 12.2 Å². The van der Waals surface area contributed by atoms with Crippen LogP contribution in [0.15, 0.2) is 36.5 Å². The minimum absolute atomic E-state index is 0.403. The fourth-order valence-corrected chi connectivity index (χ4v) is 3.67. The van der Waals surface area contributed by atoms with Gasteiger partial charge in [-0.2, -0.15) is 13.2 Å². The maximum Gasteiger partial charge on any atom is 0.417 e. The Kier molecular flexibility index (Phi) is 4.95. The van der Waals surface area contributed by atoms with Gasteiger partial charge in [-0.1, -0.05) is 12.1 Å². The van der Waals surface area contributed by atoms with E-state index in [0.717, 1.165) is 63.5 Å². The van der Waals surface area contributed by atoms with Crippen molar-refractivity contribution < 1.29 is 17.9 Å². The predicted molar refractivity (Wildman–Crippen MR) is 97.0 cm³/mol. The molecule has 1 fully saturated rings. The van der Waals surface area contributed by atoms with Gasteiger partial charge in [-0.15, -0.1) is 0 Å². The van der Waals surface area contributed by atoms with Crippen LogP contribution in [0, 0.1) is 0 Å². The number of ether oxygens (including phenoxy) is 1. The molecule has 0 radical (unpaired) electrons. The molecule has 0 amide bonds. The Morgan fingerprint density at radius 1 is 1.15 bits per heavy atom. The standard InChI is InChI=1S/C20H22F3N3O/c21-20(22,23)16-2-4-19(25-13-16)26-8-5-17(6-9-26)24-12-14-1-3-18-15(11-14)7-10-27-18/h1-4,11,13,17,24H,5-10,12H2. The van der Waals surface area contributed by atoms with Crippen LogP contribution < -0.4 is 15.0 Å². The quantitative estimate of drug-likeness (QED) is 0.880. The lowest BCUT2D eigenvalue weighted by molar-refractivity contribution is -0.137. The van der Waals surface area contributed by atoms with Crippen LogP contribution in [0.5, 0.6) is 5.75 Å². The molecule has 0 atom stereocenters. The number of piperidine rings is 1. The van der Waals surface area contributed by atoms with E-state index in [1.54, 1.807) is 0 Å². The van der Waals surface area contributed by atoms with Crippen LogP contribution in [0.4, 0.5) is 19.0 Å². The van der Waals surface area contributed by atoms with Gasteiger partial charge in [0.15, 0.2) is 0 Å². The van der Waals surface area contributed by atoms with Crippen molar-refractivity contribution in [2.24, 2.45) is 0 Å². The summed E-state index contributed by atoms with van der Waals surface area (Å²) >= 11 is 0. The molecule has 0 saturated carbocycles. The topological polar surface area (TPSA) is 37.4 Å². The number of alkyl halides is 3. The lowest BCUT2D eigenvalue weighted by atomic mass is 10.0. The van der Waals surface area contributed by atoms with Crippen LogP contribution in [0.2, 0.25) is 0 Å². The van der Waals surface area contributed by atoms with Crippen LogP contribution in [0.1, 0.15) is 29.5 Å². The summed E-state index contributed by atoms with van der Waals surface area (Å²) in [6.45, 7) is 3.15. The maximum atomic E-state index is 12.6. The van der Waals surface area contributed by atoms with Crippen LogP contribution in [0.25, 0.3) is 0 Å². The Morgan fingerprint density at radius 2 is 1.96 bits per heavy atom. The van der Waals surface area contributed by atoms with E-state index < -0.39 is 11.7 Å². The highest BCUT2D eigenvalue weighted by Crippen LogP contribution is 2.30. The lowest BCUT2D eigenvalue weighted by Gasteiger charge is -2.33. The average Bonchev–Trinajstić information content (AvgIpc) is 3.14. The first kappa shape index (κ1) is 18.1. The van der Waals surface area contributed by atoms with E-state index in [9.17, 15) is 13.2 Å². The van der Waals surface area contributed by atoms with Crippen LogP contribution in [-0.4, -0.2) is 30.7 Å². The maximum absolute atomic E-state index is 12.6. The Balaban J connectivity index is 1.27. The zero-order valence-corrected chi connectivity index (χ0v) is 14.9. The van der Waals surface area contributed by atoms with Gasteiger partial charge in [0.2, 0.25) is 0 Å². The molecule has 1 aromatic heterocycles. The molecule has 0 bridgehead atoms. The number of nitrogens with zero attached hydrogens (tertiary/aromatic N) is 2. The first-order chi connectivity index (χ1) is 13.0. The van der Waals surface area contributed by atoms with Gasteiger partial charge in [-0.3, -0.25) is 0 Å². The molecule has 4 rings (SSSR count). The summed E-state index contributed by atoms with van der Waals surface area (Å²) in [5.74, 6) is 1.61. The molecule has 1 saturated heterocycles. The number of fused-ring (bicyclic) bond motifs is 1. The summed E-state index contributed by atoms with van der Waals surface area (Å²) in [6.07, 6.45) is -0.571. The first-order valence-electron chi connectivity index (χ1n) is 9.25. The Hall–Kier alpha value is -2.28. The molecular formula is C20H22F3N3O. The summed E-state index contributed by atoms with van der Waals surface area (Å²) in [5, 5.41) is 3.59. The van der Waals surface area contributed by atoms with Crippen molar-refractivity contribution in [2.75, 3.05) is 24.6 Å². The highest BCUT2D eigenvalue weighted by atomic mass is 19.4. The number of hydrogen-bond donors (Lipinski definition) is 1. The minimum atomic E-state index is -4.34. The van der Waals surface area contributed by atoms with Crippen LogP contribution in [0.3, 0.4) is 0 Å². The van der Waals surface area contributed by atoms with Crippen LogP contribution in [-0.2, 0) is 19.1 Å².